The molecule has 0 N–H and O–H groups in total. The Bertz CT molecular complexity index is 1260. The molecule has 0 aromatic carbocycles. The predicted octanol–water partition coefficient (Wildman–Crippen LogP) is 15.9. The predicted molar refractivity (Wildman–Crippen MR) is 213 cm³/mol. The second-order valence-electron chi connectivity index (χ2n) is 13.3. The molecule has 4 aromatic heterocycles. The average Bonchev–Trinajstić information content (AvgIpc) is 3.89. The first-order valence-electron chi connectivity index (χ1n) is 18.5. The lowest BCUT2D eigenvalue weighted by atomic mass is 9.97. The van der Waals surface area contributed by atoms with Crippen molar-refractivity contribution in [2.45, 2.75) is 141 Å². The van der Waals surface area contributed by atoms with E-state index in [1.807, 2.05) is 45.3 Å². The number of unbranched alkanes of at least 4 members (excludes halogenated alkanes) is 14. The monoisotopic (exact) mass is 688 g/mol. The highest BCUT2D eigenvalue weighted by Crippen LogP contribution is 2.41. The highest BCUT2D eigenvalue weighted by Gasteiger charge is 2.20. The van der Waals surface area contributed by atoms with E-state index in [-0.39, 0.29) is 0 Å². The maximum absolute atomic E-state index is 2.41. The number of hydrogen-bond acceptors (Lipinski definition) is 4. The van der Waals surface area contributed by atoms with Crippen molar-refractivity contribution < 1.29 is 0 Å². The summed E-state index contributed by atoms with van der Waals surface area (Å²) < 4.78 is 0. The van der Waals surface area contributed by atoms with Crippen LogP contribution in [-0.4, -0.2) is 0 Å². The fourth-order valence-corrected chi connectivity index (χ4v) is 11.1. The van der Waals surface area contributed by atoms with Gasteiger partial charge in [0.05, 0.1) is 0 Å². The molecular formula is C42H56S4. The van der Waals surface area contributed by atoms with Crippen LogP contribution in [0.1, 0.15) is 180 Å². The van der Waals surface area contributed by atoms with Crippen molar-refractivity contribution in [1.29, 1.82) is 0 Å². The molecule has 4 heteroatoms. The minimum atomic E-state index is 0.511. The summed E-state index contributed by atoms with van der Waals surface area (Å²) in [6.07, 6.45) is 34.0. The zero-order chi connectivity index (χ0) is 31.8. The standard InChI is InChI=1S/C42H56S4/c1-3-5-7-9-11-13-15-17-19-37-39-29-25-33(43-39)21-23-35-27-31-41(45-35)38(20-18-16-14-12-10-8-6-4-2)42-32-28-36(46-42)24-22-34-26-30-40(37)44-34/h21-32,37-38H,3-20H2,1-2H3/b23-21+,24-22+. The zero-order valence-corrected chi connectivity index (χ0v) is 31.7. The molecule has 8 bridgehead atoms. The van der Waals surface area contributed by atoms with Gasteiger partial charge in [0.2, 0.25) is 0 Å². The van der Waals surface area contributed by atoms with Crippen molar-refractivity contribution in [2.75, 3.05) is 0 Å². The van der Waals surface area contributed by atoms with Gasteiger partial charge >= 0.3 is 0 Å². The maximum atomic E-state index is 2.41. The lowest BCUT2D eigenvalue weighted by Crippen LogP contribution is -1.97. The molecule has 4 aromatic rings. The van der Waals surface area contributed by atoms with Gasteiger partial charge in [-0.15, -0.1) is 45.3 Å². The smallest absolute Gasteiger partial charge is 0.0278 e. The summed E-state index contributed by atoms with van der Waals surface area (Å²) in [5, 5.41) is 0. The lowest BCUT2D eigenvalue weighted by Gasteiger charge is -2.14. The fraction of sp³-hybridized carbons (Fsp3) is 0.524. The summed E-state index contributed by atoms with van der Waals surface area (Å²) in [5.41, 5.74) is 0. The molecule has 46 heavy (non-hydrogen) atoms. The quantitative estimate of drug-likeness (QED) is 0.0913. The molecule has 0 saturated heterocycles. The molecule has 1 aliphatic rings. The molecule has 5 heterocycles. The summed E-state index contributed by atoms with van der Waals surface area (Å²) in [5.74, 6) is 1.02. The number of rotatable bonds is 18. The third kappa shape index (κ3) is 11.2. The molecule has 248 valence electrons. The van der Waals surface area contributed by atoms with E-state index in [1.165, 1.54) is 155 Å². The normalized spacial score (nSPS) is 17.5. The molecule has 5 rings (SSSR count). The molecule has 0 nitrogen and oxygen atoms in total. The van der Waals surface area contributed by atoms with Gasteiger partial charge in [-0.2, -0.15) is 0 Å². The van der Waals surface area contributed by atoms with Crippen LogP contribution in [0.5, 0.6) is 0 Å². The van der Waals surface area contributed by atoms with Crippen LogP contribution in [0.4, 0.5) is 0 Å². The van der Waals surface area contributed by atoms with E-state index >= 15 is 0 Å². The molecule has 0 unspecified atom stereocenters. The van der Waals surface area contributed by atoms with E-state index in [0.29, 0.717) is 11.8 Å². The van der Waals surface area contributed by atoms with Crippen LogP contribution in [-0.2, 0) is 0 Å². The van der Waals surface area contributed by atoms with E-state index in [0.717, 1.165) is 0 Å². The highest BCUT2D eigenvalue weighted by molar-refractivity contribution is 7.15. The molecule has 0 atom stereocenters. The van der Waals surface area contributed by atoms with Crippen molar-refractivity contribution >= 4 is 69.7 Å². The lowest BCUT2D eigenvalue weighted by molar-refractivity contribution is 0.554. The van der Waals surface area contributed by atoms with E-state index in [1.54, 1.807) is 0 Å². The van der Waals surface area contributed by atoms with Crippen LogP contribution >= 0.6 is 45.3 Å². The Hall–Kier alpha value is -1.72. The molecule has 0 fully saturated rings. The van der Waals surface area contributed by atoms with Crippen LogP contribution in [0.15, 0.2) is 48.5 Å². The minimum absolute atomic E-state index is 0.511. The van der Waals surface area contributed by atoms with Crippen molar-refractivity contribution in [2.24, 2.45) is 0 Å². The van der Waals surface area contributed by atoms with Gasteiger partial charge in [0.15, 0.2) is 0 Å². The Kier molecular flexibility index (Phi) is 15.4. The molecule has 1 aliphatic heterocycles. The molecular weight excluding hydrogens is 633 g/mol. The van der Waals surface area contributed by atoms with Crippen molar-refractivity contribution in [1.82, 2.24) is 0 Å². The topological polar surface area (TPSA) is 0 Å². The van der Waals surface area contributed by atoms with Gasteiger partial charge in [0, 0.05) is 50.9 Å². The summed E-state index contributed by atoms with van der Waals surface area (Å²) in [4.78, 5) is 11.6. The molecule has 0 aliphatic carbocycles. The van der Waals surface area contributed by atoms with Gasteiger partial charge in [0.25, 0.3) is 0 Å². The van der Waals surface area contributed by atoms with E-state index < -0.39 is 0 Å². The van der Waals surface area contributed by atoms with E-state index in [4.69, 9.17) is 0 Å². The van der Waals surface area contributed by atoms with Gasteiger partial charge < -0.3 is 0 Å². The Morgan fingerprint density at radius 2 is 0.609 bits per heavy atom. The Labute approximate surface area is 296 Å². The van der Waals surface area contributed by atoms with Gasteiger partial charge in [0.1, 0.15) is 0 Å². The van der Waals surface area contributed by atoms with Crippen LogP contribution in [0, 0.1) is 0 Å². The third-order valence-electron chi connectivity index (χ3n) is 9.48. The van der Waals surface area contributed by atoms with Gasteiger partial charge in [-0.05, 0) is 85.7 Å². The first kappa shape index (κ1) is 35.6. The van der Waals surface area contributed by atoms with Crippen molar-refractivity contribution in [3.8, 4) is 0 Å². The summed E-state index contributed by atoms with van der Waals surface area (Å²) in [6, 6.07) is 19.1. The number of fused-ring (bicyclic) bond motifs is 8. The molecule has 0 saturated carbocycles. The second kappa shape index (κ2) is 19.9. The summed E-state index contributed by atoms with van der Waals surface area (Å²) in [6.45, 7) is 4.61. The zero-order valence-electron chi connectivity index (χ0n) is 28.4. The first-order chi connectivity index (χ1) is 22.7. The highest BCUT2D eigenvalue weighted by atomic mass is 32.1. The summed E-state index contributed by atoms with van der Waals surface area (Å²) >= 11 is 8.00. The summed E-state index contributed by atoms with van der Waals surface area (Å²) in [7, 11) is 0. The molecule has 0 spiro atoms. The van der Waals surface area contributed by atoms with Crippen LogP contribution in [0.25, 0.3) is 24.3 Å². The first-order valence-corrected chi connectivity index (χ1v) is 21.7. The largest absolute Gasteiger partial charge is 0.140 e. The van der Waals surface area contributed by atoms with Crippen LogP contribution in [0.3, 0.4) is 0 Å². The molecule has 0 amide bonds. The van der Waals surface area contributed by atoms with Crippen LogP contribution < -0.4 is 0 Å². The third-order valence-corrected chi connectivity index (χ3v) is 14.1. The van der Waals surface area contributed by atoms with Gasteiger partial charge in [-0.3, -0.25) is 0 Å². The van der Waals surface area contributed by atoms with E-state index in [2.05, 4.69) is 86.7 Å². The minimum Gasteiger partial charge on any atom is -0.140 e. The Morgan fingerprint density at radius 1 is 0.348 bits per heavy atom. The maximum Gasteiger partial charge on any atom is 0.0278 e. The van der Waals surface area contributed by atoms with Gasteiger partial charge in [-0.1, -0.05) is 117 Å². The van der Waals surface area contributed by atoms with E-state index in [9.17, 15) is 0 Å². The average molecular weight is 689 g/mol. The number of hydrogen-bond donors (Lipinski definition) is 0. The SMILES string of the molecule is CCCCCCCCCCC1c2ccc(s2)/C=C/c2ccc(s2)C(CCCCCCCCCC)c2ccc(s2)/C=C/c2ccc1s2. The Morgan fingerprint density at radius 3 is 0.891 bits per heavy atom. The van der Waals surface area contributed by atoms with Crippen molar-refractivity contribution in [3.63, 3.8) is 0 Å². The second-order valence-corrected chi connectivity index (χ2v) is 17.8. The van der Waals surface area contributed by atoms with Crippen LogP contribution in [0.2, 0.25) is 0 Å². The van der Waals surface area contributed by atoms with Crippen molar-refractivity contribution in [3.05, 3.63) is 87.5 Å². The molecule has 0 radical (unpaired) electrons. The Balaban J connectivity index is 1.29. The fourth-order valence-electron chi connectivity index (χ4n) is 6.72. The number of thiophene rings is 4. The van der Waals surface area contributed by atoms with Gasteiger partial charge in [-0.25, -0.2) is 0 Å².